The number of hydrogen-bond acceptors (Lipinski definition) is 4. The van der Waals surface area contributed by atoms with Crippen LogP contribution in [0.4, 0.5) is 5.69 Å². The van der Waals surface area contributed by atoms with Crippen LogP contribution in [0.5, 0.6) is 0 Å². The van der Waals surface area contributed by atoms with Gasteiger partial charge in [0.2, 0.25) is 5.91 Å². The van der Waals surface area contributed by atoms with Gasteiger partial charge in [-0.1, -0.05) is 39.0 Å². The molecule has 1 N–H and O–H groups in total. The van der Waals surface area contributed by atoms with Gasteiger partial charge >= 0.3 is 0 Å². The van der Waals surface area contributed by atoms with Gasteiger partial charge in [-0.3, -0.25) is 4.79 Å². The van der Waals surface area contributed by atoms with Crippen molar-refractivity contribution in [2.24, 2.45) is 0 Å². The average molecular weight is 343 g/mol. The Morgan fingerprint density at radius 1 is 1.33 bits per heavy atom. The molecule has 0 atom stereocenters. The number of fused-ring (bicyclic) bond motifs is 1. The number of thiazole rings is 1. The number of nitrogens with zero attached hydrogens (tertiary/aromatic N) is 2. The molecule has 1 aromatic heterocycles. The van der Waals surface area contributed by atoms with Gasteiger partial charge in [-0.05, 0) is 24.5 Å². The number of nitrogens with one attached hydrogen (secondary N) is 1. The van der Waals surface area contributed by atoms with Gasteiger partial charge in [0.15, 0.2) is 0 Å². The minimum Gasteiger partial charge on any atom is -0.311 e. The first-order valence-electron chi connectivity index (χ1n) is 8.49. The van der Waals surface area contributed by atoms with E-state index < -0.39 is 0 Å². The number of carbonyl (C=O) groups excluding carboxylic acids is 1. The molecule has 0 saturated heterocycles. The number of para-hydroxylation sites is 1. The summed E-state index contributed by atoms with van der Waals surface area (Å²) in [6.45, 7) is 8.36. The Labute approximate surface area is 147 Å². The molecule has 0 spiro atoms. The lowest BCUT2D eigenvalue weighted by Crippen LogP contribution is -2.40. The summed E-state index contributed by atoms with van der Waals surface area (Å²) in [5, 5.41) is 4.41. The highest BCUT2D eigenvalue weighted by Gasteiger charge is 2.22. The van der Waals surface area contributed by atoms with E-state index in [0.29, 0.717) is 13.1 Å². The van der Waals surface area contributed by atoms with Gasteiger partial charge in [-0.25, -0.2) is 4.98 Å². The van der Waals surface area contributed by atoms with Crippen LogP contribution in [0.3, 0.4) is 0 Å². The lowest BCUT2D eigenvalue weighted by Gasteiger charge is -2.29. The maximum absolute atomic E-state index is 12.6. The SMILES string of the molecule is CC(C)(C)c1ncc(CNCC(=O)N2CCCc3ccccc32)s1. The zero-order valence-corrected chi connectivity index (χ0v) is 15.4. The van der Waals surface area contributed by atoms with Crippen molar-refractivity contribution in [2.45, 2.75) is 45.6 Å². The number of benzene rings is 1. The first-order valence-corrected chi connectivity index (χ1v) is 9.31. The van der Waals surface area contributed by atoms with E-state index in [2.05, 4.69) is 37.1 Å². The lowest BCUT2D eigenvalue weighted by molar-refractivity contribution is -0.117. The van der Waals surface area contributed by atoms with Crippen LogP contribution in [0.2, 0.25) is 0 Å². The summed E-state index contributed by atoms with van der Waals surface area (Å²) in [7, 11) is 0. The molecule has 0 saturated carbocycles. The van der Waals surface area contributed by atoms with E-state index in [1.54, 1.807) is 11.3 Å². The summed E-state index contributed by atoms with van der Waals surface area (Å²) in [5.74, 6) is 0.141. The Hall–Kier alpha value is -1.72. The van der Waals surface area contributed by atoms with Crippen molar-refractivity contribution in [1.82, 2.24) is 10.3 Å². The quantitative estimate of drug-likeness (QED) is 0.924. The molecule has 0 fully saturated rings. The van der Waals surface area contributed by atoms with Crippen molar-refractivity contribution >= 4 is 22.9 Å². The molecule has 4 nitrogen and oxygen atoms in total. The van der Waals surface area contributed by atoms with E-state index in [1.807, 2.05) is 29.3 Å². The summed E-state index contributed by atoms with van der Waals surface area (Å²) in [5.41, 5.74) is 2.42. The average Bonchev–Trinajstić information content (AvgIpc) is 3.03. The van der Waals surface area contributed by atoms with Crippen LogP contribution >= 0.6 is 11.3 Å². The van der Waals surface area contributed by atoms with Gasteiger partial charge in [-0.15, -0.1) is 11.3 Å². The summed E-state index contributed by atoms with van der Waals surface area (Å²) in [6.07, 6.45) is 4.01. The first kappa shape index (κ1) is 17.1. The predicted octanol–water partition coefficient (Wildman–Crippen LogP) is 3.51. The fourth-order valence-electron chi connectivity index (χ4n) is 2.92. The Morgan fingerprint density at radius 2 is 2.12 bits per heavy atom. The number of rotatable bonds is 4. The molecule has 3 rings (SSSR count). The molecule has 1 aliphatic rings. The van der Waals surface area contributed by atoms with Gasteiger partial charge in [0, 0.05) is 35.3 Å². The summed E-state index contributed by atoms with van der Waals surface area (Å²) >= 11 is 1.72. The number of hydrogen-bond donors (Lipinski definition) is 1. The number of aromatic nitrogens is 1. The van der Waals surface area contributed by atoms with Crippen molar-refractivity contribution in [2.75, 3.05) is 18.0 Å². The zero-order chi connectivity index (χ0) is 17.2. The molecule has 24 heavy (non-hydrogen) atoms. The Balaban J connectivity index is 1.56. The normalized spacial score (nSPS) is 14.5. The minimum atomic E-state index is 0.0796. The molecule has 2 aromatic rings. The second-order valence-electron chi connectivity index (χ2n) is 7.26. The molecule has 1 amide bonds. The minimum absolute atomic E-state index is 0.0796. The van der Waals surface area contributed by atoms with Crippen LogP contribution in [0.15, 0.2) is 30.5 Å². The van der Waals surface area contributed by atoms with E-state index in [-0.39, 0.29) is 11.3 Å². The Morgan fingerprint density at radius 3 is 2.88 bits per heavy atom. The van der Waals surface area contributed by atoms with Gasteiger partial charge in [-0.2, -0.15) is 0 Å². The highest BCUT2D eigenvalue weighted by Crippen LogP contribution is 2.27. The number of amides is 1. The van der Waals surface area contributed by atoms with Crippen LogP contribution < -0.4 is 10.2 Å². The summed E-state index contributed by atoms with van der Waals surface area (Å²) < 4.78 is 0. The van der Waals surface area contributed by atoms with Crippen molar-refractivity contribution in [3.63, 3.8) is 0 Å². The van der Waals surface area contributed by atoms with E-state index in [0.717, 1.165) is 30.1 Å². The molecule has 5 heteroatoms. The standard InChI is InChI=1S/C19H25N3OS/c1-19(2,3)18-21-12-15(24-18)11-20-13-17(23)22-10-6-8-14-7-4-5-9-16(14)22/h4-5,7,9,12,20H,6,8,10-11,13H2,1-3H3. The predicted molar refractivity (Wildman–Crippen MR) is 99.6 cm³/mol. The Kier molecular flexibility index (Phi) is 5.01. The van der Waals surface area contributed by atoms with E-state index in [4.69, 9.17) is 0 Å². The molecule has 0 aliphatic carbocycles. The second-order valence-corrected chi connectivity index (χ2v) is 8.38. The highest BCUT2D eigenvalue weighted by molar-refractivity contribution is 7.11. The third kappa shape index (κ3) is 3.84. The number of carbonyl (C=O) groups is 1. The van der Waals surface area contributed by atoms with Crippen LogP contribution in [-0.4, -0.2) is 24.0 Å². The monoisotopic (exact) mass is 343 g/mol. The largest absolute Gasteiger partial charge is 0.311 e. The molecule has 0 unspecified atom stereocenters. The fraction of sp³-hybridized carbons (Fsp3) is 0.474. The molecule has 1 aliphatic heterocycles. The maximum atomic E-state index is 12.6. The van der Waals surface area contributed by atoms with Crippen molar-refractivity contribution in [3.05, 3.63) is 45.9 Å². The molecule has 0 bridgehead atoms. The van der Waals surface area contributed by atoms with Gasteiger partial charge in [0.25, 0.3) is 0 Å². The molecule has 128 valence electrons. The van der Waals surface area contributed by atoms with Crippen molar-refractivity contribution in [3.8, 4) is 0 Å². The maximum Gasteiger partial charge on any atom is 0.240 e. The van der Waals surface area contributed by atoms with Crippen LogP contribution in [0.1, 0.15) is 42.6 Å². The fourth-order valence-corrected chi connectivity index (χ4v) is 3.86. The molecule has 1 aromatic carbocycles. The van der Waals surface area contributed by atoms with Crippen LogP contribution in [-0.2, 0) is 23.2 Å². The van der Waals surface area contributed by atoms with E-state index in [9.17, 15) is 4.79 Å². The lowest BCUT2D eigenvalue weighted by atomic mass is 9.98. The third-order valence-corrected chi connectivity index (χ3v) is 5.60. The van der Waals surface area contributed by atoms with E-state index in [1.165, 1.54) is 10.4 Å². The highest BCUT2D eigenvalue weighted by atomic mass is 32.1. The van der Waals surface area contributed by atoms with E-state index >= 15 is 0 Å². The Bertz CT molecular complexity index is 717. The molecular formula is C19H25N3OS. The molecule has 0 radical (unpaired) electrons. The summed E-state index contributed by atoms with van der Waals surface area (Å²) in [6, 6.07) is 8.21. The third-order valence-electron chi connectivity index (χ3n) is 4.18. The van der Waals surface area contributed by atoms with Gasteiger partial charge in [0.1, 0.15) is 0 Å². The van der Waals surface area contributed by atoms with Crippen molar-refractivity contribution < 1.29 is 4.79 Å². The zero-order valence-electron chi connectivity index (χ0n) is 14.6. The topological polar surface area (TPSA) is 45.2 Å². The first-order chi connectivity index (χ1) is 11.4. The van der Waals surface area contributed by atoms with Gasteiger partial charge < -0.3 is 10.2 Å². The smallest absolute Gasteiger partial charge is 0.240 e. The number of anilines is 1. The molecule has 2 heterocycles. The van der Waals surface area contributed by atoms with Crippen LogP contribution in [0, 0.1) is 0 Å². The van der Waals surface area contributed by atoms with Crippen LogP contribution in [0.25, 0.3) is 0 Å². The van der Waals surface area contributed by atoms with Gasteiger partial charge in [0.05, 0.1) is 11.6 Å². The number of aryl methyl sites for hydroxylation is 1. The summed E-state index contributed by atoms with van der Waals surface area (Å²) in [4.78, 5) is 20.1. The van der Waals surface area contributed by atoms with Crippen molar-refractivity contribution in [1.29, 1.82) is 0 Å². The molecular weight excluding hydrogens is 318 g/mol. The second kappa shape index (κ2) is 7.03.